The monoisotopic (exact) mass is 500 g/mol. The Morgan fingerprint density at radius 1 is 0.514 bits per heavy atom. The van der Waals surface area contributed by atoms with E-state index in [1.54, 1.807) is 22.3 Å². The fourth-order valence-corrected chi connectivity index (χ4v) is 14.2. The Morgan fingerprint density at radius 2 is 0.892 bits per heavy atom. The number of hydrogen-bond acceptors (Lipinski definition) is 0. The van der Waals surface area contributed by atoms with Crippen LogP contribution in [-0.4, -0.2) is 8.07 Å². The molecule has 4 atom stereocenters. The first kappa shape index (κ1) is 24.4. The molecule has 0 saturated carbocycles. The van der Waals surface area contributed by atoms with Gasteiger partial charge >= 0.3 is 0 Å². The lowest BCUT2D eigenvalue weighted by Crippen LogP contribution is -2.45. The van der Waals surface area contributed by atoms with E-state index in [1.807, 2.05) is 0 Å². The molecule has 0 nitrogen and oxygen atoms in total. The summed E-state index contributed by atoms with van der Waals surface area (Å²) in [7, 11) is -1.74. The summed E-state index contributed by atoms with van der Waals surface area (Å²) in [5.74, 6) is 1.38. The van der Waals surface area contributed by atoms with Gasteiger partial charge in [-0.3, -0.25) is 0 Å². The summed E-state index contributed by atoms with van der Waals surface area (Å²) in [5, 5.41) is 0. The van der Waals surface area contributed by atoms with Gasteiger partial charge in [0, 0.05) is 0 Å². The van der Waals surface area contributed by atoms with E-state index in [0.29, 0.717) is 22.9 Å². The number of fused-ring (bicyclic) bond motifs is 2. The van der Waals surface area contributed by atoms with E-state index in [9.17, 15) is 0 Å². The van der Waals surface area contributed by atoms with Crippen molar-refractivity contribution in [2.45, 2.75) is 64.7 Å². The lowest BCUT2D eigenvalue weighted by molar-refractivity contribution is 0.543. The Balaban J connectivity index is 1.45. The number of benzene rings is 4. The van der Waals surface area contributed by atoms with Crippen LogP contribution in [0, 0.1) is 25.7 Å². The van der Waals surface area contributed by atoms with Gasteiger partial charge in [-0.2, -0.15) is 0 Å². The molecule has 0 aromatic heterocycles. The van der Waals surface area contributed by atoms with E-state index in [2.05, 4.69) is 126 Å². The highest BCUT2D eigenvalue weighted by Crippen LogP contribution is 2.55. The van der Waals surface area contributed by atoms with Crippen molar-refractivity contribution in [2.75, 3.05) is 0 Å². The molecule has 0 amide bonds. The number of hydrogen-bond donors (Lipinski definition) is 0. The molecule has 0 saturated heterocycles. The molecule has 0 bridgehead atoms. The van der Waals surface area contributed by atoms with Gasteiger partial charge in [0.2, 0.25) is 0 Å². The van der Waals surface area contributed by atoms with Gasteiger partial charge in [-0.05, 0) is 105 Å². The molecule has 0 radical (unpaired) electrons. The molecule has 6 rings (SSSR count). The van der Waals surface area contributed by atoms with Crippen LogP contribution in [0.15, 0.2) is 84.9 Å². The fourth-order valence-electron chi connectivity index (χ4n) is 8.46. The Bertz CT molecular complexity index is 1370. The van der Waals surface area contributed by atoms with Crippen molar-refractivity contribution in [3.8, 4) is 22.3 Å². The topological polar surface area (TPSA) is 0 Å². The summed E-state index contributed by atoms with van der Waals surface area (Å²) >= 11 is 0. The second-order valence-corrected chi connectivity index (χ2v) is 17.4. The predicted molar refractivity (Wildman–Crippen MR) is 162 cm³/mol. The van der Waals surface area contributed by atoms with Crippen molar-refractivity contribution in [2.24, 2.45) is 11.8 Å². The minimum Gasteiger partial charge on any atom is -0.0684 e. The molecule has 4 aromatic rings. The minimum atomic E-state index is -1.74. The van der Waals surface area contributed by atoms with E-state index in [0.717, 1.165) is 0 Å². The SMILES string of the molecule is Cc1ccccc1-c1cccc2c1CC(C)C2[Si](C)(C)C1c2cccc(-c3ccccc3C)c2CC1C. The Hall–Kier alpha value is -2.90. The van der Waals surface area contributed by atoms with Gasteiger partial charge in [0.25, 0.3) is 0 Å². The summed E-state index contributed by atoms with van der Waals surface area (Å²) in [4.78, 5) is 0. The highest BCUT2D eigenvalue weighted by atomic mass is 28.3. The van der Waals surface area contributed by atoms with Gasteiger partial charge in [-0.15, -0.1) is 0 Å². The first-order valence-corrected chi connectivity index (χ1v) is 17.3. The summed E-state index contributed by atoms with van der Waals surface area (Å²) < 4.78 is 0. The van der Waals surface area contributed by atoms with Crippen LogP contribution in [0.5, 0.6) is 0 Å². The standard InChI is InChI=1S/C36H40Si/c1-23-13-7-9-15-27(23)29-17-11-19-31-33(29)21-25(3)35(31)37(5,6)36-26(4)22-34-30(18-12-20-32(34)36)28-16-10-8-14-24(28)2/h7-20,25-26,35-36H,21-22H2,1-6H3. The smallest absolute Gasteiger partial charge is 0.0634 e. The number of aryl methyl sites for hydroxylation is 2. The molecule has 2 aliphatic carbocycles. The highest BCUT2D eigenvalue weighted by molar-refractivity contribution is 6.80. The molecule has 0 fully saturated rings. The third-order valence-corrected chi connectivity index (χ3v) is 14.7. The van der Waals surface area contributed by atoms with E-state index in [4.69, 9.17) is 0 Å². The molecule has 4 aromatic carbocycles. The van der Waals surface area contributed by atoms with Crippen molar-refractivity contribution < 1.29 is 0 Å². The maximum absolute atomic E-state index is 2.71. The fraction of sp³-hybridized carbons (Fsp3) is 0.333. The van der Waals surface area contributed by atoms with Crippen LogP contribution in [0.1, 0.15) is 58.3 Å². The van der Waals surface area contributed by atoms with Crippen LogP contribution >= 0.6 is 0 Å². The highest BCUT2D eigenvalue weighted by Gasteiger charge is 2.51. The Labute approximate surface area is 224 Å². The summed E-state index contributed by atoms with van der Waals surface area (Å²) in [5.41, 5.74) is 16.4. The second-order valence-electron chi connectivity index (χ2n) is 12.5. The van der Waals surface area contributed by atoms with Gasteiger partial charge in [-0.25, -0.2) is 0 Å². The third kappa shape index (κ3) is 3.86. The maximum atomic E-state index is 2.71. The summed E-state index contributed by atoms with van der Waals surface area (Å²) in [6.45, 7) is 15.0. The molecule has 0 aliphatic heterocycles. The predicted octanol–water partition coefficient (Wildman–Crippen LogP) is 9.68. The summed E-state index contributed by atoms with van der Waals surface area (Å²) in [6, 6.07) is 32.2. The molecule has 0 spiro atoms. The van der Waals surface area contributed by atoms with Crippen molar-refractivity contribution in [1.82, 2.24) is 0 Å². The molecule has 188 valence electrons. The molecular formula is C36H40Si. The molecule has 0 heterocycles. The zero-order valence-corrected chi connectivity index (χ0v) is 24.3. The minimum absolute atomic E-state index is 0.687. The van der Waals surface area contributed by atoms with Gasteiger partial charge in [-0.1, -0.05) is 112 Å². The van der Waals surface area contributed by atoms with E-state index in [1.165, 1.54) is 46.2 Å². The van der Waals surface area contributed by atoms with Crippen LogP contribution in [0.2, 0.25) is 13.1 Å². The largest absolute Gasteiger partial charge is 0.0684 e. The molecular weight excluding hydrogens is 460 g/mol. The van der Waals surface area contributed by atoms with Crippen LogP contribution in [0.25, 0.3) is 22.3 Å². The van der Waals surface area contributed by atoms with Gasteiger partial charge < -0.3 is 0 Å². The lowest BCUT2D eigenvalue weighted by atomic mass is 9.94. The maximum Gasteiger partial charge on any atom is 0.0634 e. The summed E-state index contributed by atoms with van der Waals surface area (Å²) in [6.07, 6.45) is 2.41. The van der Waals surface area contributed by atoms with Gasteiger partial charge in [0.15, 0.2) is 0 Å². The van der Waals surface area contributed by atoms with Gasteiger partial charge in [0.1, 0.15) is 0 Å². The number of rotatable bonds is 4. The lowest BCUT2D eigenvalue weighted by Gasteiger charge is -2.41. The van der Waals surface area contributed by atoms with Crippen molar-refractivity contribution in [3.05, 3.63) is 118 Å². The average molecular weight is 501 g/mol. The second kappa shape index (κ2) is 9.13. The Morgan fingerprint density at radius 3 is 1.30 bits per heavy atom. The molecule has 0 N–H and O–H groups in total. The zero-order chi connectivity index (χ0) is 25.9. The molecule has 1 heteroatoms. The van der Waals surface area contributed by atoms with Crippen LogP contribution in [0.3, 0.4) is 0 Å². The Kier molecular flexibility index (Phi) is 6.03. The zero-order valence-electron chi connectivity index (χ0n) is 23.3. The van der Waals surface area contributed by atoms with Crippen LogP contribution in [0.4, 0.5) is 0 Å². The van der Waals surface area contributed by atoms with E-state index >= 15 is 0 Å². The van der Waals surface area contributed by atoms with Crippen molar-refractivity contribution >= 4 is 8.07 Å². The van der Waals surface area contributed by atoms with Crippen LogP contribution < -0.4 is 0 Å². The first-order valence-electron chi connectivity index (χ1n) is 14.1. The third-order valence-electron chi connectivity index (χ3n) is 9.76. The van der Waals surface area contributed by atoms with E-state index < -0.39 is 8.07 Å². The molecule has 2 aliphatic rings. The van der Waals surface area contributed by atoms with Crippen molar-refractivity contribution in [3.63, 3.8) is 0 Å². The van der Waals surface area contributed by atoms with Crippen LogP contribution in [-0.2, 0) is 12.8 Å². The van der Waals surface area contributed by atoms with E-state index in [-0.39, 0.29) is 0 Å². The normalized spacial score (nSPS) is 22.6. The quantitative estimate of drug-likeness (QED) is 0.245. The average Bonchev–Trinajstić information content (AvgIpc) is 3.41. The molecule has 37 heavy (non-hydrogen) atoms. The first-order chi connectivity index (χ1) is 17.8. The molecule has 4 unspecified atom stereocenters. The van der Waals surface area contributed by atoms with Crippen molar-refractivity contribution in [1.29, 1.82) is 0 Å². The van der Waals surface area contributed by atoms with Gasteiger partial charge in [0.05, 0.1) is 8.07 Å².